The third-order valence-electron chi connectivity index (χ3n) is 3.43. The van der Waals surface area contributed by atoms with Crippen LogP contribution in [0.4, 0.5) is 0 Å². The zero-order valence-corrected chi connectivity index (χ0v) is 14.9. The first-order chi connectivity index (χ1) is 9.86. The maximum Gasteiger partial charge on any atom is -0.0281 e. The lowest BCUT2D eigenvalue weighted by atomic mass is 10.1. The minimum Gasteiger partial charge on any atom is -0.0683 e. The van der Waals surface area contributed by atoms with Crippen LogP contribution >= 0.6 is 0 Å². The van der Waals surface area contributed by atoms with Crippen LogP contribution < -0.4 is 0 Å². The van der Waals surface area contributed by atoms with Crippen LogP contribution in [0.1, 0.15) is 85.6 Å². The van der Waals surface area contributed by atoms with E-state index in [1.807, 2.05) is 27.7 Å². The van der Waals surface area contributed by atoms with E-state index in [0.717, 1.165) is 5.92 Å². The summed E-state index contributed by atoms with van der Waals surface area (Å²) in [5.41, 5.74) is 1.44. The topological polar surface area (TPSA) is 0 Å². The van der Waals surface area contributed by atoms with Crippen molar-refractivity contribution in [3.63, 3.8) is 0 Å². The van der Waals surface area contributed by atoms with Gasteiger partial charge in [0.05, 0.1) is 0 Å². The molecule has 118 valence electrons. The molecule has 0 aliphatic heterocycles. The summed E-state index contributed by atoms with van der Waals surface area (Å²) in [6, 6.07) is 10.6. The average molecular weight is 279 g/mol. The van der Waals surface area contributed by atoms with Crippen molar-refractivity contribution in [1.82, 2.24) is 0 Å². The van der Waals surface area contributed by atoms with Crippen molar-refractivity contribution in [2.75, 3.05) is 0 Å². The quantitative estimate of drug-likeness (QED) is 0.545. The zero-order chi connectivity index (χ0) is 15.6. The van der Waals surface area contributed by atoms with Gasteiger partial charge in [0, 0.05) is 0 Å². The van der Waals surface area contributed by atoms with E-state index in [1.165, 1.54) is 50.5 Å². The summed E-state index contributed by atoms with van der Waals surface area (Å²) in [6.45, 7) is 12.5. The van der Waals surface area contributed by atoms with Gasteiger partial charge in [0.15, 0.2) is 0 Å². The molecule has 0 N–H and O–H groups in total. The fourth-order valence-electron chi connectivity index (χ4n) is 2.35. The first kappa shape index (κ1) is 21.5. The van der Waals surface area contributed by atoms with Crippen LogP contribution in [-0.4, -0.2) is 0 Å². The first-order valence-electron chi connectivity index (χ1n) is 8.90. The van der Waals surface area contributed by atoms with Gasteiger partial charge in [0.25, 0.3) is 0 Å². The third-order valence-corrected chi connectivity index (χ3v) is 3.43. The smallest absolute Gasteiger partial charge is 0.0281 e. The van der Waals surface area contributed by atoms with Gasteiger partial charge in [-0.2, -0.15) is 0 Å². The molecule has 1 aromatic carbocycles. The highest BCUT2D eigenvalue weighted by atomic mass is 14.2. The van der Waals surface area contributed by atoms with Crippen LogP contribution in [0.5, 0.6) is 0 Å². The molecule has 0 unspecified atom stereocenters. The molecule has 0 atom stereocenters. The van der Waals surface area contributed by atoms with E-state index < -0.39 is 0 Å². The molecule has 0 spiro atoms. The molecule has 0 amide bonds. The summed E-state index contributed by atoms with van der Waals surface area (Å²) in [5.74, 6) is 1.10. The molecular weight excluding hydrogens is 240 g/mol. The fraction of sp³-hybridized carbons (Fsp3) is 0.700. The Kier molecular flexibility index (Phi) is 19.6. The number of hydrogen-bond acceptors (Lipinski definition) is 0. The fourth-order valence-corrected chi connectivity index (χ4v) is 2.35. The van der Waals surface area contributed by atoms with Gasteiger partial charge in [0.2, 0.25) is 0 Å². The first-order valence-corrected chi connectivity index (χ1v) is 8.90. The maximum atomic E-state index is 2.30. The predicted molar refractivity (Wildman–Crippen MR) is 95.4 cm³/mol. The highest BCUT2D eigenvalue weighted by molar-refractivity contribution is 5.14. The van der Waals surface area contributed by atoms with Crippen molar-refractivity contribution >= 4 is 0 Å². The Morgan fingerprint density at radius 2 is 1.35 bits per heavy atom. The van der Waals surface area contributed by atoms with Crippen molar-refractivity contribution in [2.45, 2.75) is 86.5 Å². The number of hydrogen-bond donors (Lipinski definition) is 0. The van der Waals surface area contributed by atoms with Gasteiger partial charge in [-0.3, -0.25) is 0 Å². The summed E-state index contributed by atoms with van der Waals surface area (Å²) in [7, 11) is 0. The predicted octanol–water partition coefficient (Wildman–Crippen LogP) is 7.28. The Morgan fingerprint density at radius 1 is 0.850 bits per heavy atom. The van der Waals surface area contributed by atoms with Crippen LogP contribution in [-0.2, 0) is 6.42 Å². The molecule has 0 bridgehead atoms. The molecule has 1 fully saturated rings. The number of rotatable bonds is 3. The highest BCUT2D eigenvalue weighted by Crippen LogP contribution is 2.26. The molecule has 2 rings (SSSR count). The molecule has 1 aromatic rings. The van der Waals surface area contributed by atoms with Gasteiger partial charge < -0.3 is 0 Å². The summed E-state index contributed by atoms with van der Waals surface area (Å²) in [4.78, 5) is 0. The normalized spacial score (nSPS) is 13.1. The van der Waals surface area contributed by atoms with Gasteiger partial charge >= 0.3 is 0 Å². The number of aryl methyl sites for hydroxylation is 1. The monoisotopic (exact) mass is 278 g/mol. The lowest BCUT2D eigenvalue weighted by molar-refractivity contribution is 0.531. The molecule has 0 radical (unpaired) electrons. The molecule has 0 heteroatoms. The third kappa shape index (κ3) is 12.3. The van der Waals surface area contributed by atoms with Crippen LogP contribution in [0.3, 0.4) is 0 Å². The van der Waals surface area contributed by atoms with Gasteiger partial charge in [-0.05, 0) is 17.9 Å². The SMILES string of the molecule is CC.CC.CCC1CCCC1.CCCc1ccccc1. The molecule has 1 aliphatic rings. The maximum absolute atomic E-state index is 2.30. The van der Waals surface area contributed by atoms with E-state index in [0.29, 0.717) is 0 Å². The Balaban J connectivity index is 0. The van der Waals surface area contributed by atoms with Crippen molar-refractivity contribution in [3.05, 3.63) is 35.9 Å². The second-order valence-corrected chi connectivity index (χ2v) is 4.79. The summed E-state index contributed by atoms with van der Waals surface area (Å²) < 4.78 is 0. The molecule has 1 saturated carbocycles. The van der Waals surface area contributed by atoms with Gasteiger partial charge in [-0.1, -0.05) is 110 Å². The molecule has 1 aliphatic carbocycles. The molecule has 0 nitrogen and oxygen atoms in total. The molecule has 0 aromatic heterocycles. The molecule has 20 heavy (non-hydrogen) atoms. The van der Waals surface area contributed by atoms with Gasteiger partial charge in [0.1, 0.15) is 0 Å². The summed E-state index contributed by atoms with van der Waals surface area (Å²) in [6.07, 6.45) is 9.88. The van der Waals surface area contributed by atoms with Crippen LogP contribution in [0, 0.1) is 5.92 Å². The van der Waals surface area contributed by atoms with Crippen LogP contribution in [0.15, 0.2) is 30.3 Å². The average Bonchev–Trinajstić information content (AvgIpc) is 3.07. The number of benzene rings is 1. The summed E-state index contributed by atoms with van der Waals surface area (Å²) >= 11 is 0. The lowest BCUT2D eigenvalue weighted by Gasteiger charge is -1.99. The molecule has 0 saturated heterocycles. The van der Waals surface area contributed by atoms with E-state index in [2.05, 4.69) is 44.2 Å². The molecule has 0 heterocycles. The van der Waals surface area contributed by atoms with E-state index in [1.54, 1.807) is 0 Å². The van der Waals surface area contributed by atoms with E-state index in [9.17, 15) is 0 Å². The standard InChI is InChI=1S/C9H12.C7H14.2C2H6/c1-2-6-9-7-4-3-5-8-9;1-2-7-5-3-4-6-7;2*1-2/h3-5,7-8H,2,6H2,1H3;7H,2-6H2,1H3;2*1-2H3. The van der Waals surface area contributed by atoms with E-state index in [-0.39, 0.29) is 0 Å². The Hall–Kier alpha value is -0.780. The Bertz CT molecular complexity index is 244. The van der Waals surface area contributed by atoms with Crippen LogP contribution in [0.2, 0.25) is 0 Å². The van der Waals surface area contributed by atoms with E-state index >= 15 is 0 Å². The Morgan fingerprint density at radius 3 is 1.70 bits per heavy atom. The Labute approximate surface area is 129 Å². The zero-order valence-electron chi connectivity index (χ0n) is 14.9. The van der Waals surface area contributed by atoms with Gasteiger partial charge in [-0.25, -0.2) is 0 Å². The second-order valence-electron chi connectivity index (χ2n) is 4.79. The van der Waals surface area contributed by atoms with Crippen LogP contribution in [0.25, 0.3) is 0 Å². The minimum atomic E-state index is 1.10. The summed E-state index contributed by atoms with van der Waals surface area (Å²) in [5, 5.41) is 0. The largest absolute Gasteiger partial charge is 0.0683 e. The van der Waals surface area contributed by atoms with Gasteiger partial charge in [-0.15, -0.1) is 0 Å². The minimum absolute atomic E-state index is 1.10. The molecular formula is C20H38. The van der Waals surface area contributed by atoms with Crippen molar-refractivity contribution < 1.29 is 0 Å². The van der Waals surface area contributed by atoms with Crippen molar-refractivity contribution in [2.24, 2.45) is 5.92 Å². The van der Waals surface area contributed by atoms with E-state index in [4.69, 9.17) is 0 Å². The van der Waals surface area contributed by atoms with Crippen molar-refractivity contribution in [3.8, 4) is 0 Å². The highest BCUT2D eigenvalue weighted by Gasteiger charge is 2.11. The lowest BCUT2D eigenvalue weighted by Crippen LogP contribution is -1.86. The van der Waals surface area contributed by atoms with Crippen molar-refractivity contribution in [1.29, 1.82) is 0 Å². The second kappa shape index (κ2) is 18.2.